The maximum Gasteiger partial charge on any atom is 0.407 e. The number of aromatic amines is 1. The molecule has 3 aromatic rings. The largest absolute Gasteiger partial charge is 0.445 e. The van der Waals surface area contributed by atoms with Gasteiger partial charge < -0.3 is 10.1 Å². The summed E-state index contributed by atoms with van der Waals surface area (Å²) in [5.41, 5.74) is 4.35. The lowest BCUT2D eigenvalue weighted by Gasteiger charge is -2.06. The van der Waals surface area contributed by atoms with Crippen molar-refractivity contribution >= 4 is 23.1 Å². The first-order chi connectivity index (χ1) is 12.2. The quantitative estimate of drug-likeness (QED) is 0.663. The molecule has 2 aromatic carbocycles. The van der Waals surface area contributed by atoms with Crippen molar-refractivity contribution in [3.8, 4) is 0 Å². The van der Waals surface area contributed by atoms with Gasteiger partial charge in [0.05, 0.1) is 11.7 Å². The van der Waals surface area contributed by atoms with Crippen LogP contribution < -0.4 is 5.32 Å². The topological polar surface area (TPSA) is 67.0 Å². The van der Waals surface area contributed by atoms with Gasteiger partial charge in [-0.05, 0) is 42.2 Å². The van der Waals surface area contributed by atoms with Gasteiger partial charge in [0.25, 0.3) is 0 Å². The van der Waals surface area contributed by atoms with E-state index in [1.807, 2.05) is 42.6 Å². The molecule has 0 saturated carbocycles. The van der Waals surface area contributed by atoms with Gasteiger partial charge in [0.1, 0.15) is 6.61 Å². The fraction of sp³-hybridized carbons (Fsp3) is 0.200. The predicted molar refractivity (Wildman–Crippen MR) is 99.1 cm³/mol. The molecule has 25 heavy (non-hydrogen) atoms. The first-order valence-corrected chi connectivity index (χ1v) is 8.27. The maximum atomic E-state index is 11.7. The molecule has 0 aliphatic rings. The molecule has 0 radical (unpaired) electrons. The SMILES string of the molecule is Cc1cc2[nH]ncc2cc1C=CCCNC(=O)OCc1ccccc1. The lowest BCUT2D eigenvalue weighted by molar-refractivity contribution is 0.140. The average molecular weight is 335 g/mol. The zero-order valence-corrected chi connectivity index (χ0v) is 14.2. The number of H-pyrrole nitrogens is 1. The predicted octanol–water partition coefficient (Wildman–Crippen LogP) is 4.20. The summed E-state index contributed by atoms with van der Waals surface area (Å²) >= 11 is 0. The standard InChI is InChI=1S/C20H21N3O2/c1-15-11-19-18(13-22-23-19)12-17(15)9-5-6-10-21-20(24)25-14-16-7-3-2-4-8-16/h2-5,7-9,11-13H,6,10,14H2,1H3,(H,21,24)(H,22,23). The molecule has 128 valence electrons. The molecule has 0 spiro atoms. The summed E-state index contributed by atoms with van der Waals surface area (Å²) in [6, 6.07) is 13.8. The van der Waals surface area contributed by atoms with Crippen molar-refractivity contribution < 1.29 is 9.53 Å². The van der Waals surface area contributed by atoms with Crippen molar-refractivity contribution in [1.29, 1.82) is 0 Å². The van der Waals surface area contributed by atoms with E-state index in [1.165, 1.54) is 5.56 Å². The smallest absolute Gasteiger partial charge is 0.407 e. The van der Waals surface area contributed by atoms with Crippen LogP contribution in [0, 0.1) is 6.92 Å². The fourth-order valence-electron chi connectivity index (χ4n) is 2.54. The van der Waals surface area contributed by atoms with Crippen LogP contribution in [0.3, 0.4) is 0 Å². The van der Waals surface area contributed by atoms with E-state index in [0.717, 1.165) is 28.5 Å². The summed E-state index contributed by atoms with van der Waals surface area (Å²) in [5.74, 6) is 0. The molecule has 0 saturated heterocycles. The molecule has 0 atom stereocenters. The summed E-state index contributed by atoms with van der Waals surface area (Å²) in [7, 11) is 0. The number of nitrogens with one attached hydrogen (secondary N) is 2. The van der Waals surface area contributed by atoms with Gasteiger partial charge in [0.2, 0.25) is 0 Å². The average Bonchev–Trinajstić information content (AvgIpc) is 3.07. The number of amides is 1. The Balaban J connectivity index is 1.42. The van der Waals surface area contributed by atoms with Gasteiger partial charge in [0, 0.05) is 11.9 Å². The van der Waals surface area contributed by atoms with Gasteiger partial charge >= 0.3 is 6.09 Å². The highest BCUT2D eigenvalue weighted by molar-refractivity contribution is 5.82. The highest BCUT2D eigenvalue weighted by Gasteiger charge is 2.02. The lowest BCUT2D eigenvalue weighted by atomic mass is 10.1. The van der Waals surface area contributed by atoms with Crippen LogP contribution in [0.1, 0.15) is 23.1 Å². The molecular formula is C20H21N3O2. The molecule has 1 heterocycles. The van der Waals surface area contributed by atoms with E-state index >= 15 is 0 Å². The van der Waals surface area contributed by atoms with E-state index in [9.17, 15) is 4.79 Å². The second-order valence-corrected chi connectivity index (χ2v) is 5.85. The molecular weight excluding hydrogens is 314 g/mol. The molecule has 0 aliphatic heterocycles. The van der Waals surface area contributed by atoms with Crippen molar-refractivity contribution in [2.45, 2.75) is 20.0 Å². The molecule has 0 bridgehead atoms. The summed E-state index contributed by atoms with van der Waals surface area (Å²) < 4.78 is 5.17. The van der Waals surface area contributed by atoms with Crippen LogP contribution in [0.15, 0.2) is 54.7 Å². The van der Waals surface area contributed by atoms with Crippen LogP contribution in [0.2, 0.25) is 0 Å². The summed E-state index contributed by atoms with van der Waals surface area (Å²) in [5, 5.41) is 10.8. The number of alkyl carbamates (subject to hydrolysis) is 1. The van der Waals surface area contributed by atoms with E-state index < -0.39 is 6.09 Å². The van der Waals surface area contributed by atoms with Crippen molar-refractivity contribution in [2.75, 3.05) is 6.54 Å². The number of nitrogens with zero attached hydrogens (tertiary/aromatic N) is 1. The minimum Gasteiger partial charge on any atom is -0.445 e. The normalized spacial score (nSPS) is 11.1. The fourth-order valence-corrected chi connectivity index (χ4v) is 2.54. The van der Waals surface area contributed by atoms with Crippen molar-refractivity contribution in [2.24, 2.45) is 0 Å². The molecule has 2 N–H and O–H groups in total. The molecule has 3 rings (SSSR count). The third-order valence-corrected chi connectivity index (χ3v) is 3.92. The van der Waals surface area contributed by atoms with Crippen molar-refractivity contribution in [3.63, 3.8) is 0 Å². The number of fused-ring (bicyclic) bond motifs is 1. The van der Waals surface area contributed by atoms with Gasteiger partial charge in [-0.3, -0.25) is 5.10 Å². The Kier molecular flexibility index (Phi) is 5.46. The van der Waals surface area contributed by atoms with Gasteiger partial charge in [-0.15, -0.1) is 0 Å². The van der Waals surface area contributed by atoms with E-state index in [0.29, 0.717) is 6.54 Å². The van der Waals surface area contributed by atoms with Crippen LogP contribution in [-0.2, 0) is 11.3 Å². The van der Waals surface area contributed by atoms with Crippen molar-refractivity contribution in [3.05, 3.63) is 71.4 Å². The van der Waals surface area contributed by atoms with Crippen molar-refractivity contribution in [1.82, 2.24) is 15.5 Å². The number of aryl methyl sites for hydroxylation is 1. The Labute approximate surface area is 146 Å². The third-order valence-electron chi connectivity index (χ3n) is 3.92. The van der Waals surface area contributed by atoms with E-state index in [4.69, 9.17) is 4.74 Å². The lowest BCUT2D eigenvalue weighted by Crippen LogP contribution is -2.24. The molecule has 1 aromatic heterocycles. The van der Waals surface area contributed by atoms with Gasteiger partial charge in [-0.25, -0.2) is 4.79 Å². The minimum atomic E-state index is -0.395. The first-order valence-electron chi connectivity index (χ1n) is 8.27. The number of carbonyl (C=O) groups is 1. The third kappa shape index (κ3) is 4.70. The van der Waals surface area contributed by atoms with Crippen LogP contribution in [0.5, 0.6) is 0 Å². The zero-order valence-electron chi connectivity index (χ0n) is 14.2. The van der Waals surface area contributed by atoms with E-state index in [1.54, 1.807) is 0 Å². The summed E-state index contributed by atoms with van der Waals surface area (Å²) in [4.78, 5) is 11.7. The van der Waals surface area contributed by atoms with Crippen LogP contribution in [0.25, 0.3) is 17.0 Å². The molecule has 5 nitrogen and oxygen atoms in total. The monoisotopic (exact) mass is 335 g/mol. The van der Waals surface area contributed by atoms with Gasteiger partial charge in [-0.1, -0.05) is 42.5 Å². The highest BCUT2D eigenvalue weighted by Crippen LogP contribution is 2.18. The number of hydrogen-bond acceptors (Lipinski definition) is 3. The highest BCUT2D eigenvalue weighted by atomic mass is 16.5. The molecule has 5 heteroatoms. The second-order valence-electron chi connectivity index (χ2n) is 5.85. The van der Waals surface area contributed by atoms with Gasteiger partial charge in [0.15, 0.2) is 0 Å². The number of hydrogen-bond donors (Lipinski definition) is 2. The second kappa shape index (κ2) is 8.15. The molecule has 0 unspecified atom stereocenters. The molecule has 1 amide bonds. The minimum absolute atomic E-state index is 0.284. The first kappa shape index (κ1) is 16.8. The van der Waals surface area contributed by atoms with E-state index in [-0.39, 0.29) is 6.61 Å². The molecule has 0 aliphatic carbocycles. The Morgan fingerprint density at radius 3 is 2.96 bits per heavy atom. The maximum absolute atomic E-state index is 11.7. The number of aromatic nitrogens is 2. The number of benzene rings is 2. The molecule has 0 fully saturated rings. The van der Waals surface area contributed by atoms with E-state index in [2.05, 4.69) is 40.6 Å². The Morgan fingerprint density at radius 1 is 1.28 bits per heavy atom. The number of ether oxygens (including phenoxy) is 1. The summed E-state index contributed by atoms with van der Waals surface area (Å²) in [6.07, 6.45) is 6.28. The Hall–Kier alpha value is -3.08. The number of carbonyl (C=O) groups excluding carboxylic acids is 1. The zero-order chi connectivity index (χ0) is 17.5. The van der Waals surface area contributed by atoms with Crippen LogP contribution >= 0.6 is 0 Å². The van der Waals surface area contributed by atoms with Gasteiger partial charge in [-0.2, -0.15) is 5.10 Å². The van der Waals surface area contributed by atoms with Crippen LogP contribution in [-0.4, -0.2) is 22.8 Å². The summed E-state index contributed by atoms with van der Waals surface area (Å²) in [6.45, 7) is 2.89. The number of rotatable bonds is 6. The Bertz CT molecular complexity index is 869. The Morgan fingerprint density at radius 2 is 2.12 bits per heavy atom. The van der Waals surface area contributed by atoms with Crippen LogP contribution in [0.4, 0.5) is 4.79 Å².